The number of aromatic nitrogens is 4. The number of fused-ring (bicyclic) bond motifs is 1. The zero-order valence-corrected chi connectivity index (χ0v) is 18.8. The molecule has 0 aliphatic carbocycles. The quantitative estimate of drug-likeness (QED) is 0.437. The van der Waals surface area contributed by atoms with E-state index in [1.54, 1.807) is 53.5 Å². The molecule has 10 heteroatoms. The first kappa shape index (κ1) is 21.7. The number of nitrogens with one attached hydrogen (secondary N) is 1. The predicted octanol–water partition coefficient (Wildman–Crippen LogP) is 2.56. The van der Waals surface area contributed by atoms with Crippen molar-refractivity contribution in [3.05, 3.63) is 70.9 Å². The topological polar surface area (TPSA) is 108 Å². The van der Waals surface area contributed by atoms with Crippen molar-refractivity contribution in [2.75, 3.05) is 25.7 Å². The third-order valence-corrected chi connectivity index (χ3v) is 6.05. The number of rotatable bonds is 8. The number of hydrogen-bond acceptors (Lipinski definition) is 6. The Hall–Kier alpha value is -3.53. The number of imidazole rings is 1. The molecule has 4 rings (SSSR count). The Morgan fingerprint density at radius 2 is 1.97 bits per heavy atom. The second-order valence-corrected chi connectivity index (χ2v) is 9.56. The Morgan fingerprint density at radius 1 is 1.16 bits per heavy atom. The number of hydrogen-bond donors (Lipinski definition) is 1. The van der Waals surface area contributed by atoms with Gasteiger partial charge in [0.1, 0.15) is 9.84 Å². The first-order chi connectivity index (χ1) is 15.3. The van der Waals surface area contributed by atoms with Gasteiger partial charge in [-0.15, -0.1) is 0 Å². The van der Waals surface area contributed by atoms with E-state index >= 15 is 0 Å². The molecule has 2 aromatic heterocycles. The Bertz CT molecular complexity index is 1400. The minimum atomic E-state index is -3.44. The van der Waals surface area contributed by atoms with Crippen molar-refractivity contribution in [2.24, 2.45) is 0 Å². The monoisotopic (exact) mass is 456 g/mol. The largest absolute Gasteiger partial charge is 0.493 e. The SMILES string of the molecule is CCOc1cc([C@H](CS(C)(=O)=O)n2c(=O)[nH]c3c(-n4cccn4)cccc32)ccc1OC. The molecular weight excluding hydrogens is 432 g/mol. The van der Waals surface area contributed by atoms with Crippen molar-refractivity contribution < 1.29 is 17.9 Å². The van der Waals surface area contributed by atoms with Crippen LogP contribution in [0.4, 0.5) is 0 Å². The lowest BCUT2D eigenvalue weighted by Gasteiger charge is -2.20. The van der Waals surface area contributed by atoms with Crippen LogP contribution in [0.5, 0.6) is 11.5 Å². The summed E-state index contributed by atoms with van der Waals surface area (Å²) in [6, 6.07) is 11.6. The number of benzene rings is 2. The minimum absolute atomic E-state index is 0.260. The maximum atomic E-state index is 13.1. The summed E-state index contributed by atoms with van der Waals surface area (Å²) in [6.07, 6.45) is 4.57. The van der Waals surface area contributed by atoms with Gasteiger partial charge in [-0.3, -0.25) is 4.57 Å². The van der Waals surface area contributed by atoms with E-state index in [2.05, 4.69) is 10.1 Å². The molecule has 0 unspecified atom stereocenters. The van der Waals surface area contributed by atoms with Gasteiger partial charge in [0.15, 0.2) is 11.5 Å². The lowest BCUT2D eigenvalue weighted by atomic mass is 10.1. The number of para-hydroxylation sites is 1. The highest BCUT2D eigenvalue weighted by Crippen LogP contribution is 2.33. The smallest absolute Gasteiger partial charge is 0.327 e. The third kappa shape index (κ3) is 4.13. The van der Waals surface area contributed by atoms with Crippen LogP contribution in [-0.4, -0.2) is 53.5 Å². The molecule has 0 fully saturated rings. The molecule has 1 atom stereocenters. The minimum Gasteiger partial charge on any atom is -0.493 e. The van der Waals surface area contributed by atoms with Crippen LogP contribution >= 0.6 is 0 Å². The lowest BCUT2D eigenvalue weighted by molar-refractivity contribution is 0.310. The molecule has 168 valence electrons. The lowest BCUT2D eigenvalue weighted by Crippen LogP contribution is -2.28. The fourth-order valence-electron chi connectivity index (χ4n) is 3.82. The number of methoxy groups -OCH3 is 1. The van der Waals surface area contributed by atoms with Gasteiger partial charge >= 0.3 is 5.69 Å². The molecule has 0 radical (unpaired) electrons. The van der Waals surface area contributed by atoms with Crippen LogP contribution in [0.25, 0.3) is 16.7 Å². The molecule has 0 aliphatic heterocycles. The predicted molar refractivity (Wildman–Crippen MR) is 122 cm³/mol. The molecular formula is C22H24N4O5S. The molecule has 0 aliphatic rings. The first-order valence-electron chi connectivity index (χ1n) is 10.0. The summed E-state index contributed by atoms with van der Waals surface area (Å²) in [4.78, 5) is 16.0. The molecule has 0 saturated heterocycles. The number of nitrogens with zero attached hydrogens (tertiary/aromatic N) is 3. The highest BCUT2D eigenvalue weighted by Gasteiger charge is 2.25. The van der Waals surface area contributed by atoms with Crippen LogP contribution < -0.4 is 15.2 Å². The van der Waals surface area contributed by atoms with Gasteiger partial charge in [0.25, 0.3) is 0 Å². The number of ether oxygens (including phenoxy) is 2. The first-order valence-corrected chi connectivity index (χ1v) is 12.1. The zero-order valence-electron chi connectivity index (χ0n) is 18.0. The van der Waals surface area contributed by atoms with E-state index < -0.39 is 21.6 Å². The molecule has 0 amide bonds. The van der Waals surface area contributed by atoms with E-state index in [0.717, 1.165) is 6.26 Å². The second-order valence-electron chi connectivity index (χ2n) is 7.37. The van der Waals surface area contributed by atoms with E-state index in [0.29, 0.717) is 40.4 Å². The van der Waals surface area contributed by atoms with E-state index in [9.17, 15) is 13.2 Å². The second kappa shape index (κ2) is 8.54. The summed E-state index contributed by atoms with van der Waals surface area (Å²) in [5.41, 5.74) is 2.03. The normalized spacial score (nSPS) is 12.7. The van der Waals surface area contributed by atoms with Gasteiger partial charge in [-0.2, -0.15) is 5.10 Å². The fraction of sp³-hybridized carbons (Fsp3) is 0.273. The molecule has 2 aromatic carbocycles. The summed E-state index contributed by atoms with van der Waals surface area (Å²) in [5, 5.41) is 4.25. The maximum Gasteiger partial charge on any atom is 0.327 e. The van der Waals surface area contributed by atoms with Gasteiger partial charge in [0.2, 0.25) is 0 Å². The van der Waals surface area contributed by atoms with Crippen LogP contribution in [0, 0.1) is 0 Å². The van der Waals surface area contributed by atoms with Crippen molar-refractivity contribution in [1.29, 1.82) is 0 Å². The number of H-pyrrole nitrogens is 1. The van der Waals surface area contributed by atoms with Crippen molar-refractivity contribution in [3.8, 4) is 17.2 Å². The van der Waals surface area contributed by atoms with Crippen LogP contribution in [-0.2, 0) is 9.84 Å². The molecule has 0 spiro atoms. The Labute approximate surface area is 185 Å². The Balaban J connectivity index is 1.94. The Morgan fingerprint density at radius 3 is 2.62 bits per heavy atom. The van der Waals surface area contributed by atoms with Crippen molar-refractivity contribution in [1.82, 2.24) is 19.3 Å². The van der Waals surface area contributed by atoms with Crippen molar-refractivity contribution in [3.63, 3.8) is 0 Å². The van der Waals surface area contributed by atoms with E-state index in [1.807, 2.05) is 13.0 Å². The highest BCUT2D eigenvalue weighted by atomic mass is 32.2. The van der Waals surface area contributed by atoms with E-state index in [4.69, 9.17) is 9.47 Å². The van der Waals surface area contributed by atoms with Crippen molar-refractivity contribution >= 4 is 20.9 Å². The molecule has 1 N–H and O–H groups in total. The van der Waals surface area contributed by atoms with Crippen LogP contribution in [0.1, 0.15) is 18.5 Å². The average molecular weight is 457 g/mol. The molecule has 0 saturated carbocycles. The van der Waals surface area contributed by atoms with Crippen molar-refractivity contribution in [2.45, 2.75) is 13.0 Å². The number of sulfone groups is 1. The van der Waals surface area contributed by atoms with Crippen LogP contribution in [0.3, 0.4) is 0 Å². The van der Waals surface area contributed by atoms with Crippen LogP contribution in [0.2, 0.25) is 0 Å². The van der Waals surface area contributed by atoms with Gasteiger partial charge < -0.3 is 14.5 Å². The van der Waals surface area contributed by atoms with Crippen LogP contribution in [0.15, 0.2) is 59.7 Å². The maximum absolute atomic E-state index is 13.1. The van der Waals surface area contributed by atoms with Gasteiger partial charge in [0, 0.05) is 18.6 Å². The highest BCUT2D eigenvalue weighted by molar-refractivity contribution is 7.90. The summed E-state index contributed by atoms with van der Waals surface area (Å²) in [6.45, 7) is 2.26. The summed E-state index contributed by atoms with van der Waals surface area (Å²) >= 11 is 0. The molecule has 4 aromatic rings. The molecule has 9 nitrogen and oxygen atoms in total. The van der Waals surface area contributed by atoms with Gasteiger partial charge in [-0.05, 0) is 42.8 Å². The standard InChI is InChI=1S/C22H24N4O5S/c1-4-31-20-13-15(9-10-19(20)30-2)18(14-32(3,28)29)26-17-8-5-7-16(21(17)24-22(26)27)25-12-6-11-23-25/h5-13,18H,4,14H2,1-3H3,(H,24,27)/t18-/m0/s1. The summed E-state index contributed by atoms with van der Waals surface area (Å²) in [5.74, 6) is 0.751. The van der Waals surface area contributed by atoms with Gasteiger partial charge in [0.05, 0.1) is 42.2 Å². The average Bonchev–Trinajstić information content (AvgIpc) is 3.39. The fourth-order valence-corrected chi connectivity index (χ4v) is 4.74. The van der Waals surface area contributed by atoms with E-state index in [1.165, 1.54) is 11.7 Å². The van der Waals surface area contributed by atoms with E-state index in [-0.39, 0.29) is 5.75 Å². The molecule has 0 bridgehead atoms. The third-order valence-electron chi connectivity index (χ3n) is 5.13. The zero-order chi connectivity index (χ0) is 22.9. The molecule has 2 heterocycles. The number of aromatic amines is 1. The summed E-state index contributed by atoms with van der Waals surface area (Å²) in [7, 11) is -1.91. The van der Waals surface area contributed by atoms with Gasteiger partial charge in [-0.25, -0.2) is 17.9 Å². The summed E-state index contributed by atoms with van der Waals surface area (Å²) < 4.78 is 38.8. The van der Waals surface area contributed by atoms with Gasteiger partial charge in [-0.1, -0.05) is 12.1 Å². The molecule has 32 heavy (non-hydrogen) atoms. The Kier molecular flexibility index (Phi) is 5.79.